The normalized spacial score (nSPS) is 14.5. The summed E-state index contributed by atoms with van der Waals surface area (Å²) < 4.78 is 32.4. The van der Waals surface area contributed by atoms with Gasteiger partial charge in [0.15, 0.2) is 6.61 Å². The maximum atomic E-state index is 13.0. The van der Waals surface area contributed by atoms with E-state index in [1.165, 1.54) is 35.5 Å². The van der Waals surface area contributed by atoms with E-state index in [2.05, 4.69) is 5.32 Å². The predicted octanol–water partition coefficient (Wildman–Crippen LogP) is 3.18. The molecule has 0 atom stereocenters. The first kappa shape index (κ1) is 24.3. The molecular formula is C22H25N3O7S. The number of carbonyl (C=O) groups excluding carboxylic acids is 2. The summed E-state index contributed by atoms with van der Waals surface area (Å²) in [5.41, 5.74) is 0.448. The summed E-state index contributed by atoms with van der Waals surface area (Å²) >= 11 is 0. The lowest BCUT2D eigenvalue weighted by atomic mass is 10.1. The van der Waals surface area contributed by atoms with Crippen LogP contribution in [0.5, 0.6) is 0 Å². The number of esters is 1. The van der Waals surface area contributed by atoms with Gasteiger partial charge < -0.3 is 10.1 Å². The first-order valence-electron chi connectivity index (χ1n) is 10.4. The van der Waals surface area contributed by atoms with Crippen LogP contribution < -0.4 is 5.32 Å². The molecule has 11 heteroatoms. The third kappa shape index (κ3) is 5.55. The summed E-state index contributed by atoms with van der Waals surface area (Å²) in [4.78, 5) is 35.3. The van der Waals surface area contributed by atoms with Crippen molar-refractivity contribution in [3.8, 4) is 0 Å². The number of rotatable bonds is 7. The molecule has 1 amide bonds. The first-order chi connectivity index (χ1) is 15.6. The maximum absolute atomic E-state index is 13.0. The van der Waals surface area contributed by atoms with Crippen LogP contribution in [0, 0.1) is 24.0 Å². The number of ether oxygens (including phenoxy) is 1. The van der Waals surface area contributed by atoms with Gasteiger partial charge in [0, 0.05) is 24.3 Å². The van der Waals surface area contributed by atoms with Gasteiger partial charge in [-0.3, -0.25) is 14.9 Å². The number of nitrogens with zero attached hydrogens (tertiary/aromatic N) is 2. The zero-order valence-electron chi connectivity index (χ0n) is 18.4. The van der Waals surface area contributed by atoms with E-state index in [9.17, 15) is 28.1 Å². The van der Waals surface area contributed by atoms with Gasteiger partial charge in [-0.15, -0.1) is 0 Å². The summed E-state index contributed by atoms with van der Waals surface area (Å²) in [6.07, 6.45) is 2.60. The Morgan fingerprint density at radius 2 is 1.79 bits per heavy atom. The number of amides is 1. The molecule has 0 saturated carbocycles. The van der Waals surface area contributed by atoms with E-state index in [0.717, 1.165) is 19.3 Å². The number of hydrogen-bond donors (Lipinski definition) is 1. The lowest BCUT2D eigenvalue weighted by Crippen LogP contribution is -2.36. The van der Waals surface area contributed by atoms with E-state index in [1.807, 2.05) is 0 Å². The van der Waals surface area contributed by atoms with Crippen molar-refractivity contribution in [1.29, 1.82) is 0 Å². The average Bonchev–Trinajstić information content (AvgIpc) is 2.78. The summed E-state index contributed by atoms with van der Waals surface area (Å²) in [5.74, 6) is -1.71. The van der Waals surface area contributed by atoms with Crippen molar-refractivity contribution in [2.24, 2.45) is 0 Å². The molecule has 1 aliphatic rings. The van der Waals surface area contributed by atoms with Crippen LogP contribution in [0.15, 0.2) is 41.3 Å². The molecule has 1 aliphatic heterocycles. The SMILES string of the molecule is Cc1ccc(NC(=O)COC(=O)c2cccc(C)c2[N+](=O)[O-])cc1S(=O)(=O)N1CCCCC1. The van der Waals surface area contributed by atoms with Crippen molar-refractivity contribution in [3.63, 3.8) is 0 Å². The second-order valence-electron chi connectivity index (χ2n) is 7.80. The van der Waals surface area contributed by atoms with E-state index < -0.39 is 33.4 Å². The Kier molecular flexibility index (Phi) is 7.44. The van der Waals surface area contributed by atoms with E-state index >= 15 is 0 Å². The highest BCUT2D eigenvalue weighted by Crippen LogP contribution is 2.26. The Balaban J connectivity index is 1.69. The van der Waals surface area contributed by atoms with Crippen LogP contribution in [-0.2, 0) is 19.6 Å². The minimum absolute atomic E-state index is 0.106. The number of benzene rings is 2. The Bertz CT molecular complexity index is 1190. The molecule has 0 aliphatic carbocycles. The largest absolute Gasteiger partial charge is 0.452 e. The molecule has 1 saturated heterocycles. The summed E-state index contributed by atoms with van der Waals surface area (Å²) in [5, 5.41) is 13.8. The number of para-hydroxylation sites is 1. The van der Waals surface area contributed by atoms with E-state index in [0.29, 0.717) is 24.2 Å². The molecule has 1 fully saturated rings. The molecule has 2 aromatic rings. The Morgan fingerprint density at radius 1 is 1.09 bits per heavy atom. The van der Waals surface area contributed by atoms with Crippen LogP contribution in [0.1, 0.15) is 40.7 Å². The molecule has 1 heterocycles. The van der Waals surface area contributed by atoms with Crippen LogP contribution in [0.4, 0.5) is 11.4 Å². The lowest BCUT2D eigenvalue weighted by molar-refractivity contribution is -0.385. The minimum Gasteiger partial charge on any atom is -0.452 e. The summed E-state index contributed by atoms with van der Waals surface area (Å²) in [7, 11) is -3.70. The Labute approximate surface area is 191 Å². The Morgan fingerprint density at radius 3 is 2.45 bits per heavy atom. The molecule has 0 unspecified atom stereocenters. The molecule has 0 aromatic heterocycles. The monoisotopic (exact) mass is 475 g/mol. The predicted molar refractivity (Wildman–Crippen MR) is 121 cm³/mol. The fourth-order valence-electron chi connectivity index (χ4n) is 3.67. The molecule has 176 valence electrons. The number of sulfonamides is 1. The highest BCUT2D eigenvalue weighted by atomic mass is 32.2. The van der Waals surface area contributed by atoms with Crippen molar-refractivity contribution in [1.82, 2.24) is 4.31 Å². The second-order valence-corrected chi connectivity index (χ2v) is 9.70. The topological polar surface area (TPSA) is 136 Å². The average molecular weight is 476 g/mol. The van der Waals surface area contributed by atoms with Crippen molar-refractivity contribution in [3.05, 3.63) is 63.2 Å². The fourth-order valence-corrected chi connectivity index (χ4v) is 5.44. The van der Waals surface area contributed by atoms with Crippen molar-refractivity contribution in [2.45, 2.75) is 38.0 Å². The van der Waals surface area contributed by atoms with Crippen LogP contribution in [0.2, 0.25) is 0 Å². The molecular weight excluding hydrogens is 450 g/mol. The molecule has 0 bridgehead atoms. The number of nitrogens with one attached hydrogen (secondary N) is 1. The highest BCUT2D eigenvalue weighted by molar-refractivity contribution is 7.89. The maximum Gasteiger partial charge on any atom is 0.345 e. The molecule has 10 nitrogen and oxygen atoms in total. The van der Waals surface area contributed by atoms with Crippen molar-refractivity contribution in [2.75, 3.05) is 25.0 Å². The van der Waals surface area contributed by atoms with Gasteiger partial charge in [0.05, 0.1) is 9.82 Å². The Hall–Kier alpha value is -3.31. The molecule has 2 aromatic carbocycles. The first-order valence-corrected chi connectivity index (χ1v) is 11.9. The molecule has 3 rings (SSSR count). The number of nitro benzene ring substituents is 1. The van der Waals surface area contributed by atoms with Gasteiger partial charge in [0.25, 0.3) is 11.6 Å². The van der Waals surface area contributed by atoms with Crippen LogP contribution >= 0.6 is 0 Å². The summed E-state index contributed by atoms with van der Waals surface area (Å²) in [6, 6.07) is 8.75. The number of carbonyl (C=O) groups is 2. The van der Waals surface area contributed by atoms with Crippen LogP contribution in [0.3, 0.4) is 0 Å². The van der Waals surface area contributed by atoms with Gasteiger partial charge >= 0.3 is 5.97 Å². The van der Waals surface area contributed by atoms with Gasteiger partial charge in [-0.25, -0.2) is 13.2 Å². The van der Waals surface area contributed by atoms with Gasteiger partial charge in [0.2, 0.25) is 10.0 Å². The number of aryl methyl sites for hydroxylation is 2. The van der Waals surface area contributed by atoms with Gasteiger partial charge in [-0.1, -0.05) is 24.6 Å². The molecule has 0 radical (unpaired) electrons. The zero-order valence-corrected chi connectivity index (χ0v) is 19.2. The van der Waals surface area contributed by atoms with Crippen molar-refractivity contribution < 1.29 is 27.7 Å². The van der Waals surface area contributed by atoms with E-state index in [-0.39, 0.29) is 21.8 Å². The quantitative estimate of drug-likeness (QED) is 0.369. The third-order valence-corrected chi connectivity index (χ3v) is 7.42. The molecule has 1 N–H and O–H groups in total. The number of piperidine rings is 1. The highest BCUT2D eigenvalue weighted by Gasteiger charge is 2.28. The van der Waals surface area contributed by atoms with Gasteiger partial charge in [0.1, 0.15) is 5.56 Å². The lowest BCUT2D eigenvalue weighted by Gasteiger charge is -2.26. The zero-order chi connectivity index (χ0) is 24.2. The van der Waals surface area contributed by atoms with Gasteiger partial charge in [-0.05, 0) is 50.5 Å². The molecule has 33 heavy (non-hydrogen) atoms. The van der Waals surface area contributed by atoms with Crippen molar-refractivity contribution >= 4 is 33.3 Å². The number of hydrogen-bond acceptors (Lipinski definition) is 7. The standard InChI is InChI=1S/C22H25N3O7S/c1-15-9-10-17(13-19(15)33(30,31)24-11-4-3-5-12-24)23-20(26)14-32-22(27)18-8-6-7-16(2)21(18)25(28)29/h6-10,13H,3-5,11-12,14H2,1-2H3,(H,23,26). The second kappa shape index (κ2) is 10.1. The number of nitro groups is 1. The third-order valence-electron chi connectivity index (χ3n) is 5.38. The molecule has 0 spiro atoms. The minimum atomic E-state index is -3.70. The summed E-state index contributed by atoms with van der Waals surface area (Å²) in [6.45, 7) is 3.40. The van der Waals surface area contributed by atoms with E-state index in [4.69, 9.17) is 4.74 Å². The van der Waals surface area contributed by atoms with Crippen LogP contribution in [0.25, 0.3) is 0 Å². The van der Waals surface area contributed by atoms with Crippen LogP contribution in [-0.4, -0.2) is 49.2 Å². The van der Waals surface area contributed by atoms with Gasteiger partial charge in [-0.2, -0.15) is 4.31 Å². The van der Waals surface area contributed by atoms with E-state index in [1.54, 1.807) is 19.1 Å². The number of anilines is 1. The fraction of sp³-hybridized carbons (Fsp3) is 0.364. The smallest absolute Gasteiger partial charge is 0.345 e.